The topological polar surface area (TPSA) is 18.5 Å². The number of hydrogen-bond donors (Lipinski definition) is 0. The summed E-state index contributed by atoms with van der Waals surface area (Å²) in [4.78, 5) is 0. The predicted molar refractivity (Wildman–Crippen MR) is 138 cm³/mol. The van der Waals surface area contributed by atoms with Gasteiger partial charge in [-0.25, -0.2) is 13.2 Å². The van der Waals surface area contributed by atoms with Crippen LogP contribution in [0.2, 0.25) is 0 Å². The second-order valence-corrected chi connectivity index (χ2v) is 9.51. The van der Waals surface area contributed by atoms with Crippen molar-refractivity contribution >= 4 is 0 Å². The Morgan fingerprint density at radius 3 is 2.36 bits per heavy atom. The highest BCUT2D eigenvalue weighted by Gasteiger charge is 2.25. The van der Waals surface area contributed by atoms with E-state index >= 15 is 0 Å². The Kier molecular flexibility index (Phi) is 8.87. The molecule has 0 amide bonds. The quantitative estimate of drug-likeness (QED) is 0.207. The fraction of sp³-hybridized carbons (Fsp3) is 0.355. The van der Waals surface area contributed by atoms with E-state index in [4.69, 9.17) is 9.47 Å². The summed E-state index contributed by atoms with van der Waals surface area (Å²) in [6.45, 7) is 6.18. The van der Waals surface area contributed by atoms with Crippen molar-refractivity contribution in [1.82, 2.24) is 0 Å². The van der Waals surface area contributed by atoms with Gasteiger partial charge in [-0.15, -0.1) is 6.58 Å². The van der Waals surface area contributed by atoms with Crippen LogP contribution in [0.15, 0.2) is 67.3 Å². The Morgan fingerprint density at radius 1 is 0.917 bits per heavy atom. The number of halogens is 3. The van der Waals surface area contributed by atoms with Gasteiger partial charge >= 0.3 is 0 Å². The lowest BCUT2D eigenvalue weighted by Crippen LogP contribution is -2.21. The molecule has 0 heterocycles. The van der Waals surface area contributed by atoms with E-state index in [9.17, 15) is 13.2 Å². The average molecular weight is 495 g/mol. The molecule has 0 bridgehead atoms. The predicted octanol–water partition coefficient (Wildman–Crippen LogP) is 8.67. The normalized spacial score (nSPS) is 17.7. The smallest absolute Gasteiger partial charge is 0.167 e. The molecule has 1 fully saturated rings. The number of ether oxygens (including phenoxy) is 2. The minimum Gasteiger partial charge on any atom is -0.493 e. The lowest BCUT2D eigenvalue weighted by atomic mass is 9.82. The van der Waals surface area contributed by atoms with Crippen LogP contribution in [0.5, 0.6) is 5.75 Å². The molecule has 36 heavy (non-hydrogen) atoms. The number of hydrogen-bond acceptors (Lipinski definition) is 2. The van der Waals surface area contributed by atoms with Gasteiger partial charge in [-0.2, -0.15) is 0 Å². The maximum absolute atomic E-state index is 14.7. The van der Waals surface area contributed by atoms with Crippen molar-refractivity contribution in [2.45, 2.75) is 64.1 Å². The van der Waals surface area contributed by atoms with E-state index < -0.39 is 11.6 Å². The van der Waals surface area contributed by atoms with Gasteiger partial charge in [0.05, 0.1) is 19.3 Å². The number of rotatable bonds is 10. The summed E-state index contributed by atoms with van der Waals surface area (Å²) in [5.74, 6) is -1.31. The van der Waals surface area contributed by atoms with Gasteiger partial charge in [0.2, 0.25) is 0 Å². The third-order valence-corrected chi connectivity index (χ3v) is 6.91. The monoisotopic (exact) mass is 494 g/mol. The standard InChI is InChI=1S/C31H33F3O2/c1-3-4-5-18-35-26-15-17-27(29(32)19-26)22-10-13-25(14-11-22)36-20-24-12-16-28(31(34)30(24)33)23-8-6-21(2)7-9-23/h3,6-9,12,15-17,19,22,25H,1,4-5,10-11,13-14,18,20H2,2H3. The molecular weight excluding hydrogens is 461 g/mol. The molecule has 0 spiro atoms. The van der Waals surface area contributed by atoms with Crippen molar-refractivity contribution in [3.05, 3.63) is 101 Å². The third kappa shape index (κ3) is 6.38. The molecule has 2 nitrogen and oxygen atoms in total. The molecule has 0 unspecified atom stereocenters. The molecule has 0 aliphatic heterocycles. The molecule has 190 valence electrons. The lowest BCUT2D eigenvalue weighted by Gasteiger charge is -2.29. The van der Waals surface area contributed by atoms with Crippen molar-refractivity contribution in [2.24, 2.45) is 0 Å². The zero-order valence-electron chi connectivity index (χ0n) is 20.7. The van der Waals surface area contributed by atoms with Gasteiger partial charge in [0, 0.05) is 17.2 Å². The van der Waals surface area contributed by atoms with Crippen LogP contribution in [0.25, 0.3) is 11.1 Å². The van der Waals surface area contributed by atoms with Crippen LogP contribution < -0.4 is 4.74 Å². The van der Waals surface area contributed by atoms with Crippen molar-refractivity contribution in [1.29, 1.82) is 0 Å². The Balaban J connectivity index is 1.29. The summed E-state index contributed by atoms with van der Waals surface area (Å²) in [6.07, 6.45) is 6.55. The second kappa shape index (κ2) is 12.3. The highest BCUT2D eigenvalue weighted by molar-refractivity contribution is 5.65. The summed E-state index contributed by atoms with van der Waals surface area (Å²) < 4.78 is 55.8. The molecule has 3 aromatic rings. The first kappa shape index (κ1) is 26.0. The van der Waals surface area contributed by atoms with Crippen LogP contribution in [0.1, 0.15) is 61.1 Å². The molecule has 5 heteroatoms. The fourth-order valence-electron chi connectivity index (χ4n) is 4.75. The SMILES string of the molecule is C=CCCCOc1ccc(C2CCC(OCc3ccc(-c4ccc(C)cc4)c(F)c3F)CC2)c(F)c1. The first-order chi connectivity index (χ1) is 17.5. The van der Waals surface area contributed by atoms with E-state index in [1.165, 1.54) is 6.07 Å². The summed E-state index contributed by atoms with van der Waals surface area (Å²) in [5, 5.41) is 0. The van der Waals surface area contributed by atoms with E-state index in [0.29, 0.717) is 23.5 Å². The first-order valence-corrected chi connectivity index (χ1v) is 12.6. The summed E-state index contributed by atoms with van der Waals surface area (Å²) in [7, 11) is 0. The van der Waals surface area contributed by atoms with E-state index in [0.717, 1.165) is 44.1 Å². The zero-order chi connectivity index (χ0) is 25.5. The fourth-order valence-corrected chi connectivity index (χ4v) is 4.75. The van der Waals surface area contributed by atoms with Crippen molar-refractivity contribution in [3.63, 3.8) is 0 Å². The first-order valence-electron chi connectivity index (χ1n) is 12.6. The minimum absolute atomic E-state index is 0.0124. The van der Waals surface area contributed by atoms with E-state index in [2.05, 4.69) is 6.58 Å². The largest absolute Gasteiger partial charge is 0.493 e. The molecule has 1 aliphatic carbocycles. The summed E-state index contributed by atoms with van der Waals surface area (Å²) in [6, 6.07) is 15.6. The highest BCUT2D eigenvalue weighted by Crippen LogP contribution is 2.37. The minimum atomic E-state index is -0.865. The number of unbranched alkanes of at least 4 members (excludes halogenated alkanes) is 1. The maximum Gasteiger partial charge on any atom is 0.167 e. The second-order valence-electron chi connectivity index (χ2n) is 9.51. The average Bonchev–Trinajstić information content (AvgIpc) is 2.89. The number of aryl methyl sites for hydroxylation is 1. The maximum atomic E-state index is 14.7. The van der Waals surface area contributed by atoms with Gasteiger partial charge in [0.1, 0.15) is 11.6 Å². The molecule has 1 aliphatic rings. The van der Waals surface area contributed by atoms with E-state index in [-0.39, 0.29) is 35.6 Å². The van der Waals surface area contributed by atoms with Gasteiger partial charge in [-0.05, 0) is 68.6 Å². The number of allylic oxidation sites excluding steroid dienone is 1. The Bertz CT molecular complexity index is 1170. The molecule has 0 aromatic heterocycles. The Labute approximate surface area is 211 Å². The molecule has 0 radical (unpaired) electrons. The lowest BCUT2D eigenvalue weighted by molar-refractivity contribution is 0.0117. The molecule has 0 N–H and O–H groups in total. The highest BCUT2D eigenvalue weighted by atomic mass is 19.2. The number of benzene rings is 3. The zero-order valence-corrected chi connectivity index (χ0v) is 20.7. The molecule has 4 rings (SSSR count). The van der Waals surface area contributed by atoms with Gasteiger partial charge in [0.15, 0.2) is 11.6 Å². The van der Waals surface area contributed by atoms with Gasteiger partial charge in [0.25, 0.3) is 0 Å². The van der Waals surface area contributed by atoms with E-state index in [1.54, 1.807) is 24.3 Å². The van der Waals surface area contributed by atoms with Crippen LogP contribution in [-0.2, 0) is 11.3 Å². The third-order valence-electron chi connectivity index (χ3n) is 6.91. The van der Waals surface area contributed by atoms with Gasteiger partial charge in [-0.3, -0.25) is 0 Å². The van der Waals surface area contributed by atoms with Crippen LogP contribution in [0.4, 0.5) is 13.2 Å². The van der Waals surface area contributed by atoms with E-state index in [1.807, 2.05) is 37.3 Å². The van der Waals surface area contributed by atoms with Crippen molar-refractivity contribution in [3.8, 4) is 16.9 Å². The summed E-state index contributed by atoms with van der Waals surface area (Å²) in [5.41, 5.74) is 2.85. The van der Waals surface area contributed by atoms with Crippen LogP contribution >= 0.6 is 0 Å². The molecule has 1 saturated carbocycles. The van der Waals surface area contributed by atoms with Gasteiger partial charge in [-0.1, -0.05) is 54.1 Å². The summed E-state index contributed by atoms with van der Waals surface area (Å²) >= 11 is 0. The molecule has 0 atom stereocenters. The van der Waals surface area contributed by atoms with Crippen molar-refractivity contribution < 1.29 is 22.6 Å². The molecule has 0 saturated heterocycles. The Morgan fingerprint density at radius 2 is 1.67 bits per heavy atom. The van der Waals surface area contributed by atoms with Crippen LogP contribution in [0, 0.1) is 24.4 Å². The molecular formula is C31H33F3O2. The van der Waals surface area contributed by atoms with Crippen molar-refractivity contribution in [2.75, 3.05) is 6.61 Å². The van der Waals surface area contributed by atoms with Gasteiger partial charge < -0.3 is 9.47 Å². The molecule has 3 aromatic carbocycles. The van der Waals surface area contributed by atoms with Crippen LogP contribution in [-0.4, -0.2) is 12.7 Å². The van der Waals surface area contributed by atoms with Crippen LogP contribution in [0.3, 0.4) is 0 Å². The Hall–Kier alpha value is -3.05.